The molecule has 2 atom stereocenters. The summed E-state index contributed by atoms with van der Waals surface area (Å²) >= 11 is 0. The van der Waals surface area contributed by atoms with Crippen LogP contribution in [-0.4, -0.2) is 47.2 Å². The fourth-order valence-corrected chi connectivity index (χ4v) is 3.64. The van der Waals surface area contributed by atoms with Crippen LogP contribution in [0.1, 0.15) is 42.8 Å². The van der Waals surface area contributed by atoms with Gasteiger partial charge < -0.3 is 4.52 Å². The molecule has 3 rings (SSSR count). The average Bonchev–Trinajstić information content (AvgIpc) is 2.94. The second-order valence-electron chi connectivity index (χ2n) is 5.74. The fraction of sp³-hybridized carbons (Fsp3) is 0.786. The molecule has 2 aliphatic heterocycles. The smallest absolute Gasteiger partial charge is 0.138 e. The molecular weight excluding hydrogens is 226 g/mol. The van der Waals surface area contributed by atoms with Crippen LogP contribution in [0.4, 0.5) is 0 Å². The van der Waals surface area contributed by atoms with Crippen molar-refractivity contribution in [3.63, 3.8) is 0 Å². The molecule has 2 saturated heterocycles. The van der Waals surface area contributed by atoms with Crippen molar-refractivity contribution in [3.8, 4) is 0 Å². The van der Waals surface area contributed by atoms with Crippen LogP contribution in [0.3, 0.4) is 0 Å². The van der Waals surface area contributed by atoms with Crippen molar-refractivity contribution in [2.45, 2.75) is 45.7 Å². The Kier molecular flexibility index (Phi) is 3.16. The van der Waals surface area contributed by atoms with Gasteiger partial charge in [0.15, 0.2) is 0 Å². The van der Waals surface area contributed by atoms with Gasteiger partial charge in [0, 0.05) is 37.3 Å². The SMILES string of the molecule is Cc1noc(C)c1C(C)N1CCN2CCCC2C1. The molecule has 3 heterocycles. The Bertz CT molecular complexity index is 409. The van der Waals surface area contributed by atoms with E-state index >= 15 is 0 Å². The molecule has 2 fully saturated rings. The van der Waals surface area contributed by atoms with E-state index in [0.29, 0.717) is 6.04 Å². The third-order valence-corrected chi connectivity index (χ3v) is 4.67. The molecule has 4 heteroatoms. The quantitative estimate of drug-likeness (QED) is 0.804. The van der Waals surface area contributed by atoms with Gasteiger partial charge in [-0.25, -0.2) is 0 Å². The summed E-state index contributed by atoms with van der Waals surface area (Å²) in [5.74, 6) is 0.980. The van der Waals surface area contributed by atoms with Crippen molar-refractivity contribution in [1.29, 1.82) is 0 Å². The van der Waals surface area contributed by atoms with Crippen molar-refractivity contribution in [3.05, 3.63) is 17.0 Å². The van der Waals surface area contributed by atoms with E-state index in [1.807, 2.05) is 13.8 Å². The second kappa shape index (κ2) is 4.67. The van der Waals surface area contributed by atoms with Gasteiger partial charge in [-0.15, -0.1) is 0 Å². The number of nitrogens with zero attached hydrogens (tertiary/aromatic N) is 3. The van der Waals surface area contributed by atoms with Gasteiger partial charge in [-0.05, 0) is 40.2 Å². The predicted molar refractivity (Wildman–Crippen MR) is 70.6 cm³/mol. The highest BCUT2D eigenvalue weighted by atomic mass is 16.5. The van der Waals surface area contributed by atoms with Crippen LogP contribution < -0.4 is 0 Å². The summed E-state index contributed by atoms with van der Waals surface area (Å²) in [6, 6.07) is 1.21. The molecule has 0 aliphatic carbocycles. The van der Waals surface area contributed by atoms with E-state index in [2.05, 4.69) is 21.9 Å². The molecular formula is C14H23N3O. The van der Waals surface area contributed by atoms with E-state index in [4.69, 9.17) is 4.52 Å². The standard InChI is InChI=1S/C14H23N3O/c1-10-14(12(3)18-15-10)11(2)17-8-7-16-6-4-5-13(16)9-17/h11,13H,4-9H2,1-3H3. The van der Waals surface area contributed by atoms with Crippen LogP contribution in [-0.2, 0) is 0 Å². The maximum atomic E-state index is 5.31. The Labute approximate surface area is 109 Å². The molecule has 0 radical (unpaired) electrons. The molecule has 2 unspecified atom stereocenters. The van der Waals surface area contributed by atoms with Gasteiger partial charge in [0.25, 0.3) is 0 Å². The summed E-state index contributed by atoms with van der Waals surface area (Å²) in [6.45, 7) is 11.3. The zero-order chi connectivity index (χ0) is 12.7. The molecule has 2 aliphatic rings. The number of aryl methyl sites for hydroxylation is 2. The van der Waals surface area contributed by atoms with Crippen LogP contribution >= 0.6 is 0 Å². The number of hydrogen-bond acceptors (Lipinski definition) is 4. The number of aromatic nitrogens is 1. The number of rotatable bonds is 2. The van der Waals surface area contributed by atoms with Gasteiger partial charge in [0.2, 0.25) is 0 Å². The van der Waals surface area contributed by atoms with Crippen LogP contribution in [0.25, 0.3) is 0 Å². The highest BCUT2D eigenvalue weighted by molar-refractivity contribution is 5.24. The van der Waals surface area contributed by atoms with Gasteiger partial charge in [0.1, 0.15) is 5.76 Å². The maximum absolute atomic E-state index is 5.31. The summed E-state index contributed by atoms with van der Waals surface area (Å²) < 4.78 is 5.31. The van der Waals surface area contributed by atoms with E-state index in [0.717, 1.165) is 17.5 Å². The molecule has 18 heavy (non-hydrogen) atoms. The van der Waals surface area contributed by atoms with Crippen molar-refractivity contribution >= 4 is 0 Å². The van der Waals surface area contributed by atoms with Crippen molar-refractivity contribution in [2.24, 2.45) is 0 Å². The number of fused-ring (bicyclic) bond motifs is 1. The lowest BCUT2D eigenvalue weighted by molar-refractivity contribution is 0.0764. The first-order valence-electron chi connectivity index (χ1n) is 7.07. The Morgan fingerprint density at radius 3 is 2.83 bits per heavy atom. The highest BCUT2D eigenvalue weighted by Gasteiger charge is 2.33. The first kappa shape index (κ1) is 12.2. The third kappa shape index (κ3) is 1.97. The van der Waals surface area contributed by atoms with Crippen molar-refractivity contribution < 1.29 is 4.52 Å². The largest absolute Gasteiger partial charge is 0.361 e. The number of hydrogen-bond donors (Lipinski definition) is 0. The molecule has 0 amide bonds. The summed E-state index contributed by atoms with van der Waals surface area (Å²) in [4.78, 5) is 5.25. The molecule has 100 valence electrons. The zero-order valence-corrected chi connectivity index (χ0v) is 11.6. The minimum atomic E-state index is 0.430. The molecule has 0 N–H and O–H groups in total. The minimum absolute atomic E-state index is 0.430. The number of piperazine rings is 1. The van der Waals surface area contributed by atoms with Crippen LogP contribution in [0.5, 0.6) is 0 Å². The summed E-state index contributed by atoms with van der Waals surface area (Å²) in [5.41, 5.74) is 2.34. The van der Waals surface area contributed by atoms with E-state index in [9.17, 15) is 0 Å². The Morgan fingerprint density at radius 2 is 2.11 bits per heavy atom. The summed E-state index contributed by atoms with van der Waals surface area (Å²) in [5, 5.41) is 4.09. The van der Waals surface area contributed by atoms with Crippen LogP contribution in [0.15, 0.2) is 4.52 Å². The van der Waals surface area contributed by atoms with Gasteiger partial charge >= 0.3 is 0 Å². The first-order valence-corrected chi connectivity index (χ1v) is 7.07. The fourth-order valence-electron chi connectivity index (χ4n) is 3.64. The van der Waals surface area contributed by atoms with Gasteiger partial charge in [-0.1, -0.05) is 5.16 Å². The normalized spacial score (nSPS) is 27.4. The Balaban J connectivity index is 1.75. The van der Waals surface area contributed by atoms with E-state index in [1.54, 1.807) is 0 Å². The second-order valence-corrected chi connectivity index (χ2v) is 5.74. The van der Waals surface area contributed by atoms with Crippen molar-refractivity contribution in [2.75, 3.05) is 26.2 Å². The first-order chi connectivity index (χ1) is 8.66. The van der Waals surface area contributed by atoms with E-state index in [1.165, 1.54) is 44.6 Å². The molecule has 0 spiro atoms. The van der Waals surface area contributed by atoms with Gasteiger partial charge in [-0.2, -0.15) is 0 Å². The lowest BCUT2D eigenvalue weighted by Gasteiger charge is -2.40. The predicted octanol–water partition coefficient (Wildman–Crippen LogP) is 2.13. The third-order valence-electron chi connectivity index (χ3n) is 4.67. The van der Waals surface area contributed by atoms with Crippen LogP contribution in [0.2, 0.25) is 0 Å². The summed E-state index contributed by atoms with van der Waals surface area (Å²) in [7, 11) is 0. The summed E-state index contributed by atoms with van der Waals surface area (Å²) in [6.07, 6.45) is 2.74. The molecule has 0 bridgehead atoms. The molecule has 1 aromatic rings. The molecule has 0 aromatic carbocycles. The van der Waals surface area contributed by atoms with E-state index < -0.39 is 0 Å². The molecule has 1 aromatic heterocycles. The lowest BCUT2D eigenvalue weighted by Crippen LogP contribution is -2.50. The van der Waals surface area contributed by atoms with Crippen LogP contribution in [0, 0.1) is 13.8 Å². The zero-order valence-electron chi connectivity index (χ0n) is 11.6. The average molecular weight is 249 g/mol. The molecule has 4 nitrogen and oxygen atoms in total. The van der Waals surface area contributed by atoms with E-state index in [-0.39, 0.29) is 0 Å². The molecule has 0 saturated carbocycles. The maximum Gasteiger partial charge on any atom is 0.138 e. The van der Waals surface area contributed by atoms with Gasteiger partial charge in [-0.3, -0.25) is 9.80 Å². The minimum Gasteiger partial charge on any atom is -0.361 e. The Hall–Kier alpha value is -0.870. The highest BCUT2D eigenvalue weighted by Crippen LogP contribution is 2.30. The monoisotopic (exact) mass is 249 g/mol. The lowest BCUT2D eigenvalue weighted by atomic mass is 10.0. The van der Waals surface area contributed by atoms with Crippen molar-refractivity contribution in [1.82, 2.24) is 15.0 Å². The van der Waals surface area contributed by atoms with Gasteiger partial charge in [0.05, 0.1) is 5.69 Å². The topological polar surface area (TPSA) is 32.5 Å². The Morgan fingerprint density at radius 1 is 1.28 bits per heavy atom.